The van der Waals surface area contributed by atoms with E-state index in [9.17, 15) is 4.79 Å². The van der Waals surface area contributed by atoms with E-state index in [4.69, 9.17) is 4.98 Å². The summed E-state index contributed by atoms with van der Waals surface area (Å²) in [6.07, 6.45) is 1.37. The average Bonchev–Trinajstić information content (AvgIpc) is 2.62. The summed E-state index contributed by atoms with van der Waals surface area (Å²) in [6.45, 7) is 7.98. The van der Waals surface area contributed by atoms with Gasteiger partial charge in [-0.25, -0.2) is 9.97 Å². The van der Waals surface area contributed by atoms with Crippen molar-refractivity contribution in [1.82, 2.24) is 14.9 Å². The second-order valence-electron chi connectivity index (χ2n) is 7.61. The van der Waals surface area contributed by atoms with Crippen LogP contribution in [0.15, 0.2) is 24.3 Å². The van der Waals surface area contributed by atoms with E-state index >= 15 is 0 Å². The molecule has 1 aromatic heterocycles. The molecule has 0 bridgehead atoms. The number of piperazine rings is 1. The molecule has 5 nitrogen and oxygen atoms in total. The summed E-state index contributed by atoms with van der Waals surface area (Å²) in [5.74, 6) is 1.18. The number of likely N-dealkylation sites (N-methyl/N-ethyl adjacent to an activating group) is 1. The smallest absolute Gasteiger partial charge is 0.225 e. The predicted molar refractivity (Wildman–Crippen MR) is 103 cm³/mol. The van der Waals surface area contributed by atoms with Crippen LogP contribution in [0.25, 0.3) is 0 Å². The van der Waals surface area contributed by atoms with Crippen LogP contribution in [-0.4, -0.2) is 53.9 Å². The van der Waals surface area contributed by atoms with Gasteiger partial charge in [0.15, 0.2) is 5.78 Å². The Morgan fingerprint density at radius 2 is 1.73 bits per heavy atom. The van der Waals surface area contributed by atoms with Crippen LogP contribution in [0, 0.1) is 13.8 Å². The highest BCUT2D eigenvalue weighted by Crippen LogP contribution is 2.35. The zero-order valence-corrected chi connectivity index (χ0v) is 15.8. The highest BCUT2D eigenvalue weighted by molar-refractivity contribution is 5.99. The number of anilines is 1. The minimum Gasteiger partial charge on any atom is -0.338 e. The molecule has 2 aliphatic rings. The van der Waals surface area contributed by atoms with Crippen molar-refractivity contribution >= 4 is 11.7 Å². The van der Waals surface area contributed by atoms with Crippen LogP contribution in [0.5, 0.6) is 0 Å². The molecule has 1 aliphatic heterocycles. The van der Waals surface area contributed by atoms with Crippen LogP contribution < -0.4 is 4.90 Å². The molecule has 5 heteroatoms. The molecular weight excluding hydrogens is 324 g/mol. The van der Waals surface area contributed by atoms with E-state index < -0.39 is 0 Å². The second-order valence-corrected chi connectivity index (χ2v) is 7.61. The Balaban J connectivity index is 1.67. The van der Waals surface area contributed by atoms with Gasteiger partial charge in [0.25, 0.3) is 0 Å². The maximum atomic E-state index is 12.8. The third kappa shape index (κ3) is 3.12. The van der Waals surface area contributed by atoms with Crippen LogP contribution in [0.4, 0.5) is 5.95 Å². The lowest BCUT2D eigenvalue weighted by Gasteiger charge is -2.33. The zero-order chi connectivity index (χ0) is 18.3. The van der Waals surface area contributed by atoms with Crippen molar-refractivity contribution < 1.29 is 4.79 Å². The molecule has 1 saturated heterocycles. The van der Waals surface area contributed by atoms with E-state index in [1.165, 1.54) is 11.1 Å². The first-order chi connectivity index (χ1) is 12.5. The number of carbonyl (C=O) groups excluding carboxylic acids is 1. The SMILES string of the molecule is Cc1ccccc1[C@H]1CC(=O)c2c(C)nc(N3CCN(C)CC3)nc2C1. The van der Waals surface area contributed by atoms with Crippen LogP contribution in [-0.2, 0) is 6.42 Å². The van der Waals surface area contributed by atoms with Gasteiger partial charge in [-0.1, -0.05) is 24.3 Å². The van der Waals surface area contributed by atoms with Gasteiger partial charge in [0, 0.05) is 32.6 Å². The molecule has 0 amide bonds. The number of ketones is 1. The molecule has 1 atom stereocenters. The second kappa shape index (κ2) is 6.80. The number of benzene rings is 1. The number of Topliss-reactive ketones (excluding diaryl/α,β-unsaturated/α-hetero) is 1. The van der Waals surface area contributed by atoms with E-state index in [-0.39, 0.29) is 11.7 Å². The molecule has 0 radical (unpaired) electrons. The third-order valence-corrected chi connectivity index (χ3v) is 5.72. The van der Waals surface area contributed by atoms with Crippen molar-refractivity contribution in [3.8, 4) is 0 Å². The summed E-state index contributed by atoms with van der Waals surface area (Å²) in [5, 5.41) is 0. The Labute approximate surface area is 155 Å². The highest BCUT2D eigenvalue weighted by Gasteiger charge is 2.31. The third-order valence-electron chi connectivity index (χ3n) is 5.72. The first-order valence-corrected chi connectivity index (χ1v) is 9.42. The van der Waals surface area contributed by atoms with E-state index in [0.717, 1.165) is 55.5 Å². The molecule has 136 valence electrons. The summed E-state index contributed by atoms with van der Waals surface area (Å²) in [6, 6.07) is 8.38. The summed E-state index contributed by atoms with van der Waals surface area (Å²) in [7, 11) is 2.14. The number of carbonyl (C=O) groups is 1. The molecule has 26 heavy (non-hydrogen) atoms. The minimum absolute atomic E-state index is 0.182. The fourth-order valence-electron chi connectivity index (χ4n) is 4.17. The lowest BCUT2D eigenvalue weighted by Crippen LogP contribution is -2.45. The molecule has 0 saturated carbocycles. The zero-order valence-electron chi connectivity index (χ0n) is 15.8. The first-order valence-electron chi connectivity index (χ1n) is 9.42. The normalized spacial score (nSPS) is 21.0. The molecule has 0 N–H and O–H groups in total. The van der Waals surface area contributed by atoms with Crippen LogP contribution in [0.2, 0.25) is 0 Å². The molecule has 1 aliphatic carbocycles. The monoisotopic (exact) mass is 350 g/mol. The van der Waals surface area contributed by atoms with Crippen LogP contribution in [0.1, 0.15) is 45.2 Å². The highest BCUT2D eigenvalue weighted by atomic mass is 16.1. The Morgan fingerprint density at radius 3 is 2.46 bits per heavy atom. The van der Waals surface area contributed by atoms with Gasteiger partial charge in [0.05, 0.1) is 17.0 Å². The Bertz CT molecular complexity index is 840. The molecule has 1 fully saturated rings. The standard InChI is InChI=1S/C21H26N4O/c1-14-6-4-5-7-17(14)16-12-18-20(19(26)13-16)15(2)22-21(23-18)25-10-8-24(3)9-11-25/h4-7,16H,8-13H2,1-3H3/t16-/m1/s1. The maximum absolute atomic E-state index is 12.8. The van der Waals surface area contributed by atoms with Gasteiger partial charge in [0.1, 0.15) is 0 Å². The minimum atomic E-state index is 0.182. The summed E-state index contributed by atoms with van der Waals surface area (Å²) >= 11 is 0. The van der Waals surface area contributed by atoms with Gasteiger partial charge in [0.2, 0.25) is 5.95 Å². The largest absolute Gasteiger partial charge is 0.338 e. The Hall–Kier alpha value is -2.27. The Morgan fingerprint density at radius 1 is 1.00 bits per heavy atom. The summed E-state index contributed by atoms with van der Waals surface area (Å²) < 4.78 is 0. The lowest BCUT2D eigenvalue weighted by atomic mass is 9.80. The topological polar surface area (TPSA) is 49.3 Å². The van der Waals surface area contributed by atoms with E-state index in [1.54, 1.807) is 0 Å². The predicted octanol–water partition coefficient (Wildman–Crippen LogP) is 2.76. The molecule has 2 aromatic rings. The van der Waals surface area contributed by atoms with Crippen LogP contribution in [0.3, 0.4) is 0 Å². The molecular formula is C21H26N4O. The van der Waals surface area contributed by atoms with Crippen LogP contribution >= 0.6 is 0 Å². The van der Waals surface area contributed by atoms with Crippen molar-refractivity contribution in [3.63, 3.8) is 0 Å². The van der Waals surface area contributed by atoms with Gasteiger partial charge in [-0.2, -0.15) is 0 Å². The lowest BCUT2D eigenvalue weighted by molar-refractivity contribution is 0.0962. The fraction of sp³-hybridized carbons (Fsp3) is 0.476. The number of nitrogens with zero attached hydrogens (tertiary/aromatic N) is 4. The molecule has 2 heterocycles. The van der Waals surface area contributed by atoms with Crippen molar-refractivity contribution in [2.45, 2.75) is 32.6 Å². The maximum Gasteiger partial charge on any atom is 0.225 e. The van der Waals surface area contributed by atoms with Gasteiger partial charge >= 0.3 is 0 Å². The quantitative estimate of drug-likeness (QED) is 0.833. The number of hydrogen-bond acceptors (Lipinski definition) is 5. The molecule has 4 rings (SSSR count). The molecule has 0 unspecified atom stereocenters. The van der Waals surface area contributed by atoms with Gasteiger partial charge in [-0.05, 0) is 44.4 Å². The molecule has 1 aromatic carbocycles. The van der Waals surface area contributed by atoms with Crippen molar-refractivity contribution in [2.24, 2.45) is 0 Å². The van der Waals surface area contributed by atoms with Gasteiger partial charge in [-0.15, -0.1) is 0 Å². The molecule has 0 spiro atoms. The van der Waals surface area contributed by atoms with E-state index in [1.807, 2.05) is 6.92 Å². The summed E-state index contributed by atoms with van der Waals surface area (Å²) in [5.41, 5.74) is 5.03. The van der Waals surface area contributed by atoms with Gasteiger partial charge in [-0.3, -0.25) is 4.79 Å². The van der Waals surface area contributed by atoms with Crippen molar-refractivity contribution in [1.29, 1.82) is 0 Å². The van der Waals surface area contributed by atoms with Crippen molar-refractivity contribution in [2.75, 3.05) is 38.1 Å². The number of aryl methyl sites for hydroxylation is 2. The summed E-state index contributed by atoms with van der Waals surface area (Å²) in [4.78, 5) is 26.9. The number of aromatic nitrogens is 2. The number of fused-ring (bicyclic) bond motifs is 1. The Kier molecular flexibility index (Phi) is 4.49. The van der Waals surface area contributed by atoms with E-state index in [2.05, 4.69) is 53.0 Å². The van der Waals surface area contributed by atoms with Gasteiger partial charge < -0.3 is 9.80 Å². The number of hydrogen-bond donors (Lipinski definition) is 0. The number of rotatable bonds is 2. The average molecular weight is 350 g/mol. The first kappa shape index (κ1) is 17.2. The van der Waals surface area contributed by atoms with E-state index in [0.29, 0.717) is 6.42 Å². The van der Waals surface area contributed by atoms with Crippen molar-refractivity contribution in [3.05, 3.63) is 52.3 Å². The fourth-order valence-corrected chi connectivity index (χ4v) is 4.17.